The molecular weight excluding hydrogens is 566 g/mol. The Bertz CT molecular complexity index is 1110. The number of thioether (sulfide) groups is 1. The summed E-state index contributed by atoms with van der Waals surface area (Å²) in [5.74, 6) is -1.79. The fourth-order valence-electron chi connectivity index (χ4n) is 8.04. The maximum absolute atomic E-state index is 13.4. The number of halogens is 4. The van der Waals surface area contributed by atoms with Crippen molar-refractivity contribution in [2.45, 2.75) is 122 Å². The number of aliphatic hydroxyl groups excluding tert-OH is 1. The summed E-state index contributed by atoms with van der Waals surface area (Å²) in [5, 5.41) is 11.0. The van der Waals surface area contributed by atoms with Gasteiger partial charge in [0.1, 0.15) is 5.75 Å². The number of ether oxygens (including phenoxy) is 1. The Labute approximate surface area is 252 Å². The zero-order chi connectivity index (χ0) is 31.1. The monoisotopic (exact) mass is 615 g/mol. The van der Waals surface area contributed by atoms with Crippen LogP contribution in [0.25, 0.3) is 0 Å². The third-order valence-corrected chi connectivity index (χ3v) is 13.2. The number of carbonyl (C=O) groups excluding carboxylic acids is 1. The quantitative estimate of drug-likeness (QED) is 0.108. The summed E-state index contributed by atoms with van der Waals surface area (Å²) >= 11 is 1.59. The van der Waals surface area contributed by atoms with Crippen molar-refractivity contribution in [1.29, 1.82) is 0 Å². The average molecular weight is 616 g/mol. The Hall–Kier alpha value is -1.32. The molecule has 238 valence electrons. The molecule has 2 fully saturated rings. The van der Waals surface area contributed by atoms with Gasteiger partial charge < -0.3 is 15.6 Å². The van der Waals surface area contributed by atoms with Gasteiger partial charge in [-0.1, -0.05) is 40.7 Å². The number of alkyl halides is 4. The third-order valence-electron chi connectivity index (χ3n) is 11.4. The molecule has 3 aliphatic rings. The van der Waals surface area contributed by atoms with Crippen LogP contribution in [0.15, 0.2) is 18.2 Å². The van der Waals surface area contributed by atoms with Gasteiger partial charge in [-0.2, -0.15) is 11.8 Å². The summed E-state index contributed by atoms with van der Waals surface area (Å²) in [6.07, 6.45) is 2.04. The molecule has 0 aromatic heterocycles. The van der Waals surface area contributed by atoms with E-state index in [1.165, 1.54) is 11.1 Å². The molecule has 2 saturated carbocycles. The van der Waals surface area contributed by atoms with E-state index in [1.54, 1.807) is 11.8 Å². The number of hydrogen-bond donors (Lipinski definition) is 2. The van der Waals surface area contributed by atoms with Gasteiger partial charge in [0.15, 0.2) is 0 Å². The summed E-state index contributed by atoms with van der Waals surface area (Å²) in [6, 6.07) is 6.00. The number of benzene rings is 1. The predicted octanol–water partition coefficient (Wildman–Crippen LogP) is 7.99. The largest absolute Gasteiger partial charge is 0.426 e. The minimum absolute atomic E-state index is 0.0460. The molecule has 0 bridgehead atoms. The molecule has 0 aliphatic heterocycles. The topological polar surface area (TPSA) is 72.5 Å². The van der Waals surface area contributed by atoms with E-state index in [9.17, 15) is 27.5 Å². The number of aliphatic hydroxyl groups is 1. The number of rotatable bonds is 12. The van der Waals surface area contributed by atoms with Gasteiger partial charge in [-0.3, -0.25) is 4.79 Å². The van der Waals surface area contributed by atoms with Gasteiger partial charge in [-0.05, 0) is 115 Å². The summed E-state index contributed by atoms with van der Waals surface area (Å²) in [5.41, 5.74) is 7.81. The van der Waals surface area contributed by atoms with E-state index >= 15 is 0 Å². The second kappa shape index (κ2) is 12.6. The fourth-order valence-corrected chi connectivity index (χ4v) is 9.34. The SMILES string of the molecule is CC12CCC3c4ccc(OC(=O)CN)cc4CC(CCC(C)(C)C(C)(C)SCCCC(F)(F)C(F)F)C3C1CCC2O. The van der Waals surface area contributed by atoms with Crippen LogP contribution in [-0.2, 0) is 11.2 Å². The van der Waals surface area contributed by atoms with Gasteiger partial charge >= 0.3 is 18.3 Å². The predicted molar refractivity (Wildman–Crippen MR) is 160 cm³/mol. The molecular formula is C33H49F4NO3S. The first-order valence-corrected chi connectivity index (χ1v) is 16.5. The van der Waals surface area contributed by atoms with Gasteiger partial charge in [0, 0.05) is 11.2 Å². The Kier molecular flexibility index (Phi) is 10.1. The van der Waals surface area contributed by atoms with Gasteiger partial charge in [0.05, 0.1) is 12.6 Å². The van der Waals surface area contributed by atoms with Crippen LogP contribution in [0.3, 0.4) is 0 Å². The molecule has 6 unspecified atom stereocenters. The van der Waals surface area contributed by atoms with E-state index in [2.05, 4.69) is 40.7 Å². The lowest BCUT2D eigenvalue weighted by Crippen LogP contribution is -2.47. The molecule has 4 rings (SSSR count). The highest BCUT2D eigenvalue weighted by molar-refractivity contribution is 8.00. The highest BCUT2D eigenvalue weighted by Gasteiger charge is 2.56. The van der Waals surface area contributed by atoms with Crippen LogP contribution in [0.5, 0.6) is 5.75 Å². The van der Waals surface area contributed by atoms with Gasteiger partial charge in [-0.25, -0.2) is 17.6 Å². The van der Waals surface area contributed by atoms with Gasteiger partial charge in [0.2, 0.25) is 0 Å². The second-order valence-corrected chi connectivity index (χ2v) is 16.1. The molecule has 0 radical (unpaired) electrons. The van der Waals surface area contributed by atoms with Crippen LogP contribution in [-0.4, -0.2) is 46.6 Å². The molecule has 0 saturated heterocycles. The standard InChI is InChI=1S/C33H49F4NO3S/c1-30(2,31(3,4)42-16-6-13-33(36,37)29(34)35)14-11-20-17-21-18-22(41-27(40)19-38)7-8-23(21)24-12-15-32(5)25(28(20)24)9-10-26(32)39/h7-8,18,20,24-26,28-29,39H,6,9-17,19,38H2,1-5H3. The Morgan fingerprint density at radius 3 is 2.55 bits per heavy atom. The molecule has 4 nitrogen and oxygen atoms in total. The lowest BCUT2D eigenvalue weighted by atomic mass is 9.51. The first-order chi connectivity index (χ1) is 19.5. The Balaban J connectivity index is 1.51. The van der Waals surface area contributed by atoms with Crippen LogP contribution in [0.4, 0.5) is 17.6 Å². The maximum Gasteiger partial charge on any atom is 0.325 e. The highest BCUT2D eigenvalue weighted by Crippen LogP contribution is 2.63. The molecule has 0 spiro atoms. The van der Waals surface area contributed by atoms with Crippen molar-refractivity contribution in [3.8, 4) is 5.75 Å². The van der Waals surface area contributed by atoms with Crippen LogP contribution >= 0.6 is 11.8 Å². The fraction of sp³-hybridized carbons (Fsp3) is 0.788. The van der Waals surface area contributed by atoms with Crippen molar-refractivity contribution in [1.82, 2.24) is 0 Å². The number of hydrogen-bond acceptors (Lipinski definition) is 5. The van der Waals surface area contributed by atoms with Crippen molar-refractivity contribution >= 4 is 17.7 Å². The molecule has 0 amide bonds. The summed E-state index contributed by atoms with van der Waals surface area (Å²) in [7, 11) is 0. The second-order valence-electron chi connectivity index (χ2n) is 14.4. The van der Waals surface area contributed by atoms with Crippen molar-refractivity contribution in [3.05, 3.63) is 29.3 Å². The zero-order valence-corrected chi connectivity index (χ0v) is 26.6. The first-order valence-electron chi connectivity index (χ1n) is 15.5. The van der Waals surface area contributed by atoms with E-state index in [1.807, 2.05) is 12.1 Å². The lowest BCUT2D eigenvalue weighted by molar-refractivity contribution is -0.133. The Morgan fingerprint density at radius 1 is 1.17 bits per heavy atom. The van der Waals surface area contributed by atoms with E-state index in [0.717, 1.165) is 44.9 Å². The first kappa shape index (κ1) is 33.6. The van der Waals surface area contributed by atoms with Crippen LogP contribution in [0.1, 0.15) is 103 Å². The van der Waals surface area contributed by atoms with Crippen molar-refractivity contribution in [2.75, 3.05) is 12.3 Å². The molecule has 6 atom stereocenters. The van der Waals surface area contributed by atoms with E-state index in [-0.39, 0.29) is 34.6 Å². The third kappa shape index (κ3) is 6.68. The molecule has 3 N–H and O–H groups in total. The summed E-state index contributed by atoms with van der Waals surface area (Å²) < 4.78 is 57.2. The van der Waals surface area contributed by atoms with E-state index in [0.29, 0.717) is 35.2 Å². The highest BCUT2D eigenvalue weighted by atomic mass is 32.2. The Morgan fingerprint density at radius 2 is 1.88 bits per heavy atom. The van der Waals surface area contributed by atoms with Crippen LogP contribution < -0.4 is 10.5 Å². The molecule has 1 aromatic rings. The number of esters is 1. The minimum atomic E-state index is -3.93. The zero-order valence-electron chi connectivity index (χ0n) is 25.7. The van der Waals surface area contributed by atoms with Crippen molar-refractivity contribution in [3.63, 3.8) is 0 Å². The molecule has 42 heavy (non-hydrogen) atoms. The number of fused-ring (bicyclic) bond motifs is 5. The van der Waals surface area contributed by atoms with Crippen molar-refractivity contribution in [2.24, 2.45) is 34.3 Å². The van der Waals surface area contributed by atoms with Crippen LogP contribution in [0, 0.1) is 28.6 Å². The summed E-state index contributed by atoms with van der Waals surface area (Å²) in [6.45, 7) is 10.8. The van der Waals surface area contributed by atoms with E-state index in [4.69, 9.17) is 10.5 Å². The number of carbonyl (C=O) groups is 1. The van der Waals surface area contributed by atoms with E-state index < -0.39 is 24.7 Å². The number of nitrogens with two attached hydrogens (primary N) is 1. The molecule has 9 heteroatoms. The van der Waals surface area contributed by atoms with Crippen LogP contribution in [0.2, 0.25) is 0 Å². The molecule has 0 heterocycles. The van der Waals surface area contributed by atoms with Gasteiger partial charge in [-0.15, -0.1) is 0 Å². The maximum atomic E-state index is 13.4. The smallest absolute Gasteiger partial charge is 0.325 e. The van der Waals surface area contributed by atoms with Gasteiger partial charge in [0.25, 0.3) is 0 Å². The molecule has 3 aliphatic carbocycles. The minimum Gasteiger partial charge on any atom is -0.426 e. The summed E-state index contributed by atoms with van der Waals surface area (Å²) in [4.78, 5) is 11.9. The lowest BCUT2D eigenvalue weighted by Gasteiger charge is -2.53. The normalized spacial score (nSPS) is 29.7. The van der Waals surface area contributed by atoms with Crippen molar-refractivity contribution < 1.29 is 32.2 Å². The average Bonchev–Trinajstić information content (AvgIpc) is 3.23. The molecule has 1 aromatic carbocycles.